The Hall–Kier alpha value is -1.91. The van der Waals surface area contributed by atoms with Gasteiger partial charge in [0.15, 0.2) is 0 Å². The zero-order chi connectivity index (χ0) is 14.2. The zero-order valence-electron chi connectivity index (χ0n) is 11.8. The molecule has 21 heavy (non-hydrogen) atoms. The highest BCUT2D eigenvalue weighted by Crippen LogP contribution is 2.33. The van der Waals surface area contributed by atoms with Gasteiger partial charge in [-0.3, -0.25) is 0 Å². The molecule has 106 valence electrons. The molecule has 3 nitrogen and oxygen atoms in total. The van der Waals surface area contributed by atoms with Crippen LogP contribution in [0.15, 0.2) is 36.4 Å². The van der Waals surface area contributed by atoms with E-state index in [1.54, 1.807) is 18.4 Å². The van der Waals surface area contributed by atoms with Crippen LogP contribution in [0.25, 0.3) is 20.8 Å². The van der Waals surface area contributed by atoms with E-state index >= 15 is 0 Å². The van der Waals surface area contributed by atoms with E-state index in [0.717, 1.165) is 35.8 Å². The van der Waals surface area contributed by atoms with E-state index < -0.39 is 0 Å². The number of hydrogen-bond acceptors (Lipinski definition) is 4. The molecule has 0 unspecified atom stereocenters. The summed E-state index contributed by atoms with van der Waals surface area (Å²) in [4.78, 5) is 4.75. The van der Waals surface area contributed by atoms with E-state index in [0.29, 0.717) is 0 Å². The average molecular weight is 296 g/mol. The summed E-state index contributed by atoms with van der Waals surface area (Å²) < 4.78 is 6.45. The number of aromatic nitrogens is 1. The first-order valence-corrected chi connectivity index (χ1v) is 7.92. The van der Waals surface area contributed by atoms with Gasteiger partial charge in [-0.05, 0) is 48.4 Å². The third-order valence-corrected chi connectivity index (χ3v) is 5.00. The minimum atomic E-state index is 0.882. The summed E-state index contributed by atoms with van der Waals surface area (Å²) in [6.45, 7) is 2.04. The summed E-state index contributed by atoms with van der Waals surface area (Å²) in [7, 11) is 1.69. The fourth-order valence-electron chi connectivity index (χ4n) is 2.77. The molecule has 1 aliphatic rings. The molecule has 0 bridgehead atoms. The van der Waals surface area contributed by atoms with Gasteiger partial charge in [0.05, 0.1) is 17.3 Å². The molecule has 1 aliphatic heterocycles. The third-order valence-electron chi connectivity index (χ3n) is 3.94. The molecule has 1 N–H and O–H groups in total. The Morgan fingerprint density at radius 1 is 1.14 bits per heavy atom. The number of nitrogens with zero attached hydrogens (tertiary/aromatic N) is 1. The fraction of sp³-hybridized carbons (Fsp3) is 0.235. The van der Waals surface area contributed by atoms with Crippen molar-refractivity contribution in [2.75, 3.05) is 13.7 Å². The lowest BCUT2D eigenvalue weighted by molar-refractivity contribution is 0.415. The topological polar surface area (TPSA) is 34.1 Å². The Balaban J connectivity index is 1.78. The van der Waals surface area contributed by atoms with Crippen LogP contribution in [0, 0.1) is 0 Å². The van der Waals surface area contributed by atoms with Crippen molar-refractivity contribution in [2.24, 2.45) is 0 Å². The molecular weight excluding hydrogens is 280 g/mol. The lowest BCUT2D eigenvalue weighted by Gasteiger charge is -2.17. The third kappa shape index (κ3) is 2.30. The van der Waals surface area contributed by atoms with E-state index in [9.17, 15) is 0 Å². The number of rotatable bonds is 2. The van der Waals surface area contributed by atoms with Crippen LogP contribution in [-0.2, 0) is 13.0 Å². The molecule has 0 spiro atoms. The van der Waals surface area contributed by atoms with Gasteiger partial charge in [-0.1, -0.05) is 12.1 Å². The van der Waals surface area contributed by atoms with Crippen molar-refractivity contribution in [3.8, 4) is 16.3 Å². The van der Waals surface area contributed by atoms with E-state index in [1.165, 1.54) is 21.4 Å². The Bertz CT molecular complexity index is 810. The number of ether oxygens (including phenoxy) is 1. The minimum Gasteiger partial charge on any atom is -0.497 e. The molecule has 2 heterocycles. The van der Waals surface area contributed by atoms with Crippen molar-refractivity contribution in [1.29, 1.82) is 0 Å². The van der Waals surface area contributed by atoms with Gasteiger partial charge in [0, 0.05) is 12.1 Å². The average Bonchev–Trinajstić information content (AvgIpc) is 2.97. The van der Waals surface area contributed by atoms with E-state index in [2.05, 4.69) is 29.6 Å². The van der Waals surface area contributed by atoms with Gasteiger partial charge in [0.25, 0.3) is 0 Å². The lowest BCUT2D eigenvalue weighted by atomic mass is 9.99. The van der Waals surface area contributed by atoms with Crippen LogP contribution < -0.4 is 10.1 Å². The van der Waals surface area contributed by atoms with Crippen LogP contribution in [-0.4, -0.2) is 18.6 Å². The summed E-state index contributed by atoms with van der Waals surface area (Å²) in [5.74, 6) is 0.882. The van der Waals surface area contributed by atoms with Gasteiger partial charge in [-0.15, -0.1) is 11.3 Å². The van der Waals surface area contributed by atoms with Gasteiger partial charge in [0.1, 0.15) is 10.8 Å². The fourth-order valence-corrected chi connectivity index (χ4v) is 3.76. The monoisotopic (exact) mass is 296 g/mol. The maximum Gasteiger partial charge on any atom is 0.124 e. The van der Waals surface area contributed by atoms with Crippen molar-refractivity contribution >= 4 is 21.6 Å². The van der Waals surface area contributed by atoms with Crippen LogP contribution in [0.1, 0.15) is 11.1 Å². The molecule has 0 radical (unpaired) electrons. The first kappa shape index (κ1) is 12.8. The summed E-state index contributed by atoms with van der Waals surface area (Å²) in [5.41, 5.74) is 5.10. The Morgan fingerprint density at radius 2 is 2.10 bits per heavy atom. The molecule has 0 saturated carbocycles. The van der Waals surface area contributed by atoms with Gasteiger partial charge in [0.2, 0.25) is 0 Å². The largest absolute Gasteiger partial charge is 0.497 e. The number of thiazole rings is 1. The second kappa shape index (κ2) is 5.13. The summed E-state index contributed by atoms with van der Waals surface area (Å²) in [5, 5.41) is 4.50. The van der Waals surface area contributed by atoms with E-state index in [1.807, 2.05) is 12.1 Å². The van der Waals surface area contributed by atoms with Crippen molar-refractivity contribution in [3.63, 3.8) is 0 Å². The first-order chi connectivity index (χ1) is 10.3. The van der Waals surface area contributed by atoms with Gasteiger partial charge in [-0.2, -0.15) is 0 Å². The number of fused-ring (bicyclic) bond motifs is 2. The second-order valence-corrected chi connectivity index (χ2v) is 6.29. The molecule has 0 saturated heterocycles. The Morgan fingerprint density at radius 3 is 3.00 bits per heavy atom. The van der Waals surface area contributed by atoms with Crippen LogP contribution in [0.2, 0.25) is 0 Å². The van der Waals surface area contributed by atoms with Crippen molar-refractivity contribution < 1.29 is 4.74 Å². The Labute approximate surface area is 127 Å². The maximum absolute atomic E-state index is 5.28. The smallest absolute Gasteiger partial charge is 0.124 e. The highest BCUT2D eigenvalue weighted by molar-refractivity contribution is 7.21. The number of benzene rings is 2. The van der Waals surface area contributed by atoms with Gasteiger partial charge >= 0.3 is 0 Å². The quantitative estimate of drug-likeness (QED) is 0.784. The van der Waals surface area contributed by atoms with E-state index in [4.69, 9.17) is 9.72 Å². The van der Waals surface area contributed by atoms with Crippen LogP contribution >= 0.6 is 11.3 Å². The normalized spacial score (nSPS) is 14.1. The van der Waals surface area contributed by atoms with Crippen molar-refractivity contribution in [1.82, 2.24) is 10.3 Å². The van der Waals surface area contributed by atoms with Crippen molar-refractivity contribution in [2.45, 2.75) is 13.0 Å². The molecule has 4 rings (SSSR count). The Kier molecular flexibility index (Phi) is 3.13. The minimum absolute atomic E-state index is 0.882. The first-order valence-electron chi connectivity index (χ1n) is 7.11. The zero-order valence-corrected chi connectivity index (χ0v) is 12.7. The maximum atomic E-state index is 5.28. The number of nitrogens with one attached hydrogen (secondary N) is 1. The molecule has 4 heteroatoms. The SMILES string of the molecule is COc1ccc2nc(-c3ccc4c(c3)CNCC4)sc2c1. The highest BCUT2D eigenvalue weighted by Gasteiger charge is 2.12. The van der Waals surface area contributed by atoms with Crippen LogP contribution in [0.5, 0.6) is 5.75 Å². The van der Waals surface area contributed by atoms with Crippen LogP contribution in [0.3, 0.4) is 0 Å². The second-order valence-electron chi connectivity index (χ2n) is 5.26. The highest BCUT2D eigenvalue weighted by atomic mass is 32.1. The number of methoxy groups -OCH3 is 1. The molecule has 1 aromatic heterocycles. The van der Waals surface area contributed by atoms with Crippen molar-refractivity contribution in [3.05, 3.63) is 47.5 Å². The molecule has 0 fully saturated rings. The van der Waals surface area contributed by atoms with Gasteiger partial charge < -0.3 is 10.1 Å². The molecule has 0 aliphatic carbocycles. The predicted molar refractivity (Wildman–Crippen MR) is 87.0 cm³/mol. The standard InChI is InChI=1S/C17H16N2OS/c1-20-14-4-5-15-16(9-14)21-17(19-15)12-3-2-11-6-7-18-10-13(11)8-12/h2-5,8-9,18H,6-7,10H2,1H3. The molecule has 3 aromatic rings. The molecule has 0 amide bonds. The van der Waals surface area contributed by atoms with E-state index in [-0.39, 0.29) is 0 Å². The van der Waals surface area contributed by atoms with Crippen LogP contribution in [0.4, 0.5) is 0 Å². The number of hydrogen-bond donors (Lipinski definition) is 1. The molecular formula is C17H16N2OS. The molecule has 2 aromatic carbocycles. The predicted octanol–water partition coefficient (Wildman–Crippen LogP) is 3.62. The molecule has 0 atom stereocenters. The van der Waals surface area contributed by atoms with Gasteiger partial charge in [-0.25, -0.2) is 4.98 Å². The summed E-state index contributed by atoms with van der Waals surface area (Å²) in [6, 6.07) is 12.8. The summed E-state index contributed by atoms with van der Waals surface area (Å²) >= 11 is 1.72. The lowest BCUT2D eigenvalue weighted by Crippen LogP contribution is -2.23. The summed E-state index contributed by atoms with van der Waals surface area (Å²) in [6.07, 6.45) is 1.12.